The standard InChI is InChI=1S/C24H25N3O7S/c1-15(19-5-3-7-21-20(19)6-4-10-25-21)14-34-22-11-17(26-16(2)29)8-9-23(22)35(32,33)27-18(13-28)12-24(30)31/h3-11,13,15,18,27H,12,14H2,1-2H3,(H,26,29)(H,30,31)/t15?,18-/m0/s1. The number of ether oxygens (including phenoxy) is 1. The number of aromatic nitrogens is 1. The lowest BCUT2D eigenvalue weighted by atomic mass is 9.97. The molecule has 0 spiro atoms. The van der Waals surface area contributed by atoms with Gasteiger partial charge in [0.25, 0.3) is 0 Å². The van der Waals surface area contributed by atoms with Crippen molar-refractivity contribution in [1.82, 2.24) is 9.71 Å². The van der Waals surface area contributed by atoms with Gasteiger partial charge in [-0.25, -0.2) is 13.1 Å². The van der Waals surface area contributed by atoms with Crippen LogP contribution in [0.3, 0.4) is 0 Å². The molecule has 10 nitrogen and oxygen atoms in total. The highest BCUT2D eigenvalue weighted by Crippen LogP contribution is 2.30. The molecule has 2 atom stereocenters. The lowest BCUT2D eigenvalue weighted by Crippen LogP contribution is -2.37. The Morgan fingerprint density at radius 3 is 2.63 bits per heavy atom. The van der Waals surface area contributed by atoms with Gasteiger partial charge in [-0.15, -0.1) is 0 Å². The number of aliphatic carboxylic acids is 1. The molecule has 1 aromatic heterocycles. The van der Waals surface area contributed by atoms with Crippen molar-refractivity contribution in [2.45, 2.75) is 37.1 Å². The molecular weight excluding hydrogens is 474 g/mol. The Morgan fingerprint density at radius 1 is 1.17 bits per heavy atom. The van der Waals surface area contributed by atoms with E-state index in [1.54, 1.807) is 6.20 Å². The Labute approximate surface area is 202 Å². The molecule has 1 unspecified atom stereocenters. The maximum atomic E-state index is 13.0. The molecule has 0 bridgehead atoms. The topological polar surface area (TPSA) is 152 Å². The molecule has 1 amide bonds. The summed E-state index contributed by atoms with van der Waals surface area (Å²) in [4.78, 5) is 37.7. The molecule has 3 N–H and O–H groups in total. The van der Waals surface area contributed by atoms with Crippen LogP contribution < -0.4 is 14.8 Å². The van der Waals surface area contributed by atoms with Crippen LogP contribution in [0.1, 0.15) is 31.7 Å². The van der Waals surface area contributed by atoms with Crippen LogP contribution in [0, 0.1) is 0 Å². The van der Waals surface area contributed by atoms with Crippen LogP contribution in [0.4, 0.5) is 5.69 Å². The molecule has 3 rings (SSSR count). The van der Waals surface area contributed by atoms with Crippen molar-refractivity contribution < 1.29 is 32.6 Å². The molecule has 2 aromatic carbocycles. The Balaban J connectivity index is 1.92. The van der Waals surface area contributed by atoms with Crippen LogP contribution in [-0.2, 0) is 24.4 Å². The largest absolute Gasteiger partial charge is 0.491 e. The number of pyridine rings is 1. The fraction of sp³-hybridized carbons (Fsp3) is 0.250. The zero-order valence-electron chi connectivity index (χ0n) is 19.1. The van der Waals surface area contributed by atoms with E-state index >= 15 is 0 Å². The molecule has 11 heteroatoms. The van der Waals surface area contributed by atoms with Gasteiger partial charge >= 0.3 is 5.97 Å². The van der Waals surface area contributed by atoms with Crippen LogP contribution in [0.5, 0.6) is 5.75 Å². The number of carboxylic acids is 1. The fourth-order valence-corrected chi connectivity index (χ4v) is 4.85. The van der Waals surface area contributed by atoms with Crippen LogP contribution >= 0.6 is 0 Å². The highest BCUT2D eigenvalue weighted by atomic mass is 32.2. The molecule has 35 heavy (non-hydrogen) atoms. The first-order chi connectivity index (χ1) is 16.6. The number of nitrogens with zero attached hydrogens (tertiary/aromatic N) is 1. The van der Waals surface area contributed by atoms with Gasteiger partial charge in [-0.05, 0) is 29.8 Å². The molecule has 0 saturated carbocycles. The Morgan fingerprint density at radius 2 is 1.94 bits per heavy atom. The summed E-state index contributed by atoms with van der Waals surface area (Å²) in [6.45, 7) is 3.32. The van der Waals surface area contributed by atoms with E-state index < -0.39 is 28.5 Å². The second-order valence-electron chi connectivity index (χ2n) is 7.93. The Hall–Kier alpha value is -3.83. The van der Waals surface area contributed by atoms with Gasteiger partial charge in [-0.2, -0.15) is 0 Å². The number of rotatable bonds is 11. The van der Waals surface area contributed by atoms with Gasteiger partial charge < -0.3 is 20.0 Å². The van der Waals surface area contributed by atoms with Crippen molar-refractivity contribution >= 4 is 44.8 Å². The number of carbonyl (C=O) groups excluding carboxylic acids is 2. The molecule has 0 aliphatic rings. The molecule has 184 valence electrons. The van der Waals surface area contributed by atoms with Gasteiger partial charge in [0, 0.05) is 36.2 Å². The number of benzene rings is 2. The van der Waals surface area contributed by atoms with Gasteiger partial charge in [-0.3, -0.25) is 14.6 Å². The highest BCUT2D eigenvalue weighted by Gasteiger charge is 2.26. The predicted octanol–water partition coefficient (Wildman–Crippen LogP) is 2.70. The first-order valence-corrected chi connectivity index (χ1v) is 12.2. The molecule has 0 radical (unpaired) electrons. The summed E-state index contributed by atoms with van der Waals surface area (Å²) >= 11 is 0. The molecule has 0 saturated heterocycles. The Kier molecular flexibility index (Phi) is 8.15. The van der Waals surface area contributed by atoms with E-state index in [0.29, 0.717) is 5.69 Å². The molecule has 0 aliphatic carbocycles. The number of fused-ring (bicyclic) bond motifs is 1. The molecule has 0 fully saturated rings. The third kappa shape index (κ3) is 6.61. The monoisotopic (exact) mass is 499 g/mol. The van der Waals surface area contributed by atoms with E-state index in [0.717, 1.165) is 16.5 Å². The summed E-state index contributed by atoms with van der Waals surface area (Å²) in [5.41, 5.74) is 2.08. The maximum absolute atomic E-state index is 13.0. The van der Waals surface area contributed by atoms with E-state index in [4.69, 9.17) is 9.84 Å². The lowest BCUT2D eigenvalue weighted by Gasteiger charge is -2.19. The van der Waals surface area contributed by atoms with E-state index in [-0.39, 0.29) is 35.4 Å². The summed E-state index contributed by atoms with van der Waals surface area (Å²) in [7, 11) is -4.33. The number of anilines is 1. The summed E-state index contributed by atoms with van der Waals surface area (Å²) in [5.74, 6) is -1.91. The number of hydrogen-bond donors (Lipinski definition) is 3. The highest BCUT2D eigenvalue weighted by molar-refractivity contribution is 7.89. The zero-order valence-corrected chi connectivity index (χ0v) is 19.9. The predicted molar refractivity (Wildman–Crippen MR) is 129 cm³/mol. The van der Waals surface area contributed by atoms with E-state index in [2.05, 4.69) is 15.0 Å². The smallest absolute Gasteiger partial charge is 0.305 e. The normalized spacial score (nSPS) is 13.1. The summed E-state index contributed by atoms with van der Waals surface area (Å²) < 4.78 is 34.0. The van der Waals surface area contributed by atoms with Crippen molar-refractivity contribution in [3.63, 3.8) is 0 Å². The number of aldehydes is 1. The number of nitrogens with one attached hydrogen (secondary N) is 2. The van der Waals surface area contributed by atoms with Crippen LogP contribution in [0.15, 0.2) is 59.6 Å². The Bertz CT molecular complexity index is 1350. The molecule has 3 aromatic rings. The fourth-order valence-electron chi connectivity index (χ4n) is 3.55. The number of carbonyl (C=O) groups is 3. The average molecular weight is 500 g/mol. The van der Waals surface area contributed by atoms with Crippen molar-refractivity contribution in [2.24, 2.45) is 0 Å². The lowest BCUT2D eigenvalue weighted by molar-refractivity contribution is -0.138. The van der Waals surface area contributed by atoms with Crippen molar-refractivity contribution in [3.8, 4) is 5.75 Å². The summed E-state index contributed by atoms with van der Waals surface area (Å²) in [5, 5.41) is 12.4. The van der Waals surface area contributed by atoms with Gasteiger partial charge in [0.2, 0.25) is 15.9 Å². The van der Waals surface area contributed by atoms with E-state index in [1.807, 2.05) is 37.3 Å². The molecular formula is C24H25N3O7S. The number of carboxylic acid groups (broad SMARTS) is 1. The quantitative estimate of drug-likeness (QED) is 0.341. The number of amides is 1. The number of sulfonamides is 1. The van der Waals surface area contributed by atoms with Crippen LogP contribution in [0.2, 0.25) is 0 Å². The average Bonchev–Trinajstić information content (AvgIpc) is 2.80. The van der Waals surface area contributed by atoms with Crippen molar-refractivity contribution in [1.29, 1.82) is 0 Å². The number of hydrogen-bond acceptors (Lipinski definition) is 7. The van der Waals surface area contributed by atoms with Crippen LogP contribution in [-0.4, -0.2) is 49.3 Å². The first-order valence-electron chi connectivity index (χ1n) is 10.7. The van der Waals surface area contributed by atoms with Crippen molar-refractivity contribution in [2.75, 3.05) is 11.9 Å². The third-order valence-electron chi connectivity index (χ3n) is 5.12. The van der Waals surface area contributed by atoms with Crippen LogP contribution in [0.25, 0.3) is 10.9 Å². The van der Waals surface area contributed by atoms with Crippen molar-refractivity contribution in [3.05, 3.63) is 60.3 Å². The molecule has 1 heterocycles. The summed E-state index contributed by atoms with van der Waals surface area (Å²) in [6.07, 6.45) is 1.20. The zero-order chi connectivity index (χ0) is 25.6. The minimum atomic E-state index is -4.33. The first kappa shape index (κ1) is 25.8. The third-order valence-corrected chi connectivity index (χ3v) is 6.65. The van der Waals surface area contributed by atoms with Gasteiger partial charge in [0.15, 0.2) is 0 Å². The minimum absolute atomic E-state index is 0.0612. The maximum Gasteiger partial charge on any atom is 0.305 e. The van der Waals surface area contributed by atoms with E-state index in [1.165, 1.54) is 25.1 Å². The van der Waals surface area contributed by atoms with Gasteiger partial charge in [0.05, 0.1) is 24.6 Å². The second kappa shape index (κ2) is 11.1. The van der Waals surface area contributed by atoms with Gasteiger partial charge in [-0.1, -0.05) is 25.1 Å². The van der Waals surface area contributed by atoms with E-state index in [9.17, 15) is 22.8 Å². The second-order valence-corrected chi connectivity index (χ2v) is 9.62. The SMILES string of the molecule is CC(=O)Nc1ccc(S(=O)(=O)N[C@H](C=O)CC(=O)O)c(OCC(C)c2cccc3ncccc23)c1. The summed E-state index contributed by atoms with van der Waals surface area (Å²) in [6, 6.07) is 12.0. The molecule has 0 aliphatic heterocycles. The minimum Gasteiger partial charge on any atom is -0.491 e. The van der Waals surface area contributed by atoms with Gasteiger partial charge in [0.1, 0.15) is 16.9 Å².